The summed E-state index contributed by atoms with van der Waals surface area (Å²) in [6.45, 7) is 9.01. The number of rotatable bonds is 8. The van der Waals surface area contributed by atoms with Crippen LogP contribution >= 0.6 is 22.9 Å². The first-order chi connectivity index (χ1) is 16.2. The van der Waals surface area contributed by atoms with Gasteiger partial charge in [0.1, 0.15) is 11.9 Å². The molecule has 1 aliphatic rings. The predicted molar refractivity (Wildman–Crippen MR) is 137 cm³/mol. The molecule has 4 rings (SSSR count). The van der Waals surface area contributed by atoms with Crippen molar-refractivity contribution in [3.05, 3.63) is 63.3 Å². The molecular weight excluding hydrogens is 470 g/mol. The van der Waals surface area contributed by atoms with E-state index >= 15 is 0 Å². The number of ether oxygens (including phenoxy) is 1. The van der Waals surface area contributed by atoms with E-state index < -0.39 is 0 Å². The highest BCUT2D eigenvalue weighted by atomic mass is 35.5. The zero-order valence-electron chi connectivity index (χ0n) is 19.7. The second-order valence-corrected chi connectivity index (χ2v) is 10.5. The van der Waals surface area contributed by atoms with Crippen molar-refractivity contribution in [1.29, 1.82) is 0 Å². The summed E-state index contributed by atoms with van der Waals surface area (Å²) in [4.78, 5) is 25.7. The largest absolute Gasteiger partial charge is 0.486 e. The quantitative estimate of drug-likeness (QED) is 0.326. The van der Waals surface area contributed by atoms with Crippen molar-refractivity contribution in [3.63, 3.8) is 0 Å². The number of benzene rings is 1. The lowest BCUT2D eigenvalue weighted by Crippen LogP contribution is -2.33. The summed E-state index contributed by atoms with van der Waals surface area (Å²) in [6, 6.07) is 7.69. The summed E-state index contributed by atoms with van der Waals surface area (Å²) in [7, 11) is 0. The van der Waals surface area contributed by atoms with Gasteiger partial charge in [0.25, 0.3) is 0 Å². The van der Waals surface area contributed by atoms with E-state index in [0.717, 1.165) is 38.7 Å². The van der Waals surface area contributed by atoms with E-state index in [1.165, 1.54) is 17.4 Å². The van der Waals surface area contributed by atoms with Gasteiger partial charge in [0.15, 0.2) is 5.78 Å². The molecule has 8 heteroatoms. The van der Waals surface area contributed by atoms with E-state index in [1.54, 1.807) is 13.0 Å². The predicted octanol–water partition coefficient (Wildman–Crippen LogP) is 5.57. The molecule has 1 atom stereocenters. The lowest BCUT2D eigenvalue weighted by atomic mass is 10.1. The highest BCUT2D eigenvalue weighted by Crippen LogP contribution is 2.41. The summed E-state index contributed by atoms with van der Waals surface area (Å²) in [6.07, 6.45) is 5.74. The van der Waals surface area contributed by atoms with Gasteiger partial charge in [0.2, 0.25) is 5.91 Å². The number of hydrogen-bond donors (Lipinski definition) is 1. The number of fused-ring (bicyclic) bond motifs is 1. The second-order valence-electron chi connectivity index (χ2n) is 8.97. The van der Waals surface area contributed by atoms with Gasteiger partial charge >= 0.3 is 0 Å². The van der Waals surface area contributed by atoms with Gasteiger partial charge in [-0.3, -0.25) is 14.3 Å². The topological polar surface area (TPSA) is 73.2 Å². The minimum absolute atomic E-state index is 0.0521. The van der Waals surface area contributed by atoms with Crippen LogP contribution in [0.4, 0.5) is 0 Å². The lowest BCUT2D eigenvalue weighted by molar-refractivity contribution is -0.116. The number of carbonyl (C=O) groups is 2. The van der Waals surface area contributed by atoms with Gasteiger partial charge in [-0.15, -0.1) is 11.3 Å². The first-order valence-electron chi connectivity index (χ1n) is 11.3. The van der Waals surface area contributed by atoms with Crippen molar-refractivity contribution < 1.29 is 14.3 Å². The molecule has 0 bridgehead atoms. The first kappa shape index (κ1) is 24.2. The Kier molecular flexibility index (Phi) is 7.24. The minimum Gasteiger partial charge on any atom is -0.486 e. The standard InChI is InChI=1S/C26H28ClN3O3S/c1-15(2)13-30-14-18(16(3)29-30)5-8-25(32)28-12-21-10-20-9-19(11-22(27)26(20)33-21)24-7-6-23(34-24)17(4)31/h5-9,11,14-15,21H,10,12-13H2,1-4H3,(H,28,32)/b8-5+. The van der Waals surface area contributed by atoms with Gasteiger partial charge in [0, 0.05) is 41.2 Å². The highest BCUT2D eigenvalue weighted by Gasteiger charge is 2.26. The number of hydrogen-bond acceptors (Lipinski definition) is 5. The number of Topliss-reactive ketones (excluding diaryl/α,β-unsaturated/α-hetero) is 1. The van der Waals surface area contributed by atoms with Crippen LogP contribution < -0.4 is 10.1 Å². The van der Waals surface area contributed by atoms with Crippen LogP contribution in [0, 0.1) is 12.8 Å². The summed E-state index contributed by atoms with van der Waals surface area (Å²) in [5.41, 5.74) is 3.79. The number of nitrogens with zero attached hydrogens (tertiary/aromatic N) is 2. The maximum Gasteiger partial charge on any atom is 0.244 e. The number of ketones is 1. The number of amides is 1. The number of aromatic nitrogens is 2. The summed E-state index contributed by atoms with van der Waals surface area (Å²) in [5, 5.41) is 7.94. The van der Waals surface area contributed by atoms with Crippen LogP contribution in [0.3, 0.4) is 0 Å². The third kappa shape index (κ3) is 5.59. The van der Waals surface area contributed by atoms with Gasteiger partial charge in [-0.1, -0.05) is 25.4 Å². The van der Waals surface area contributed by atoms with Crippen LogP contribution in [0.5, 0.6) is 5.75 Å². The molecule has 3 heterocycles. The third-order valence-electron chi connectivity index (χ3n) is 5.54. The average molecular weight is 498 g/mol. The molecule has 34 heavy (non-hydrogen) atoms. The third-order valence-corrected chi connectivity index (χ3v) is 7.06. The Morgan fingerprint density at radius 3 is 2.85 bits per heavy atom. The zero-order chi connectivity index (χ0) is 24.4. The number of thiophene rings is 1. The maximum absolute atomic E-state index is 12.4. The minimum atomic E-state index is -0.188. The molecule has 0 aliphatic carbocycles. The van der Waals surface area contributed by atoms with E-state index in [2.05, 4.69) is 30.3 Å². The number of halogens is 1. The Balaban J connectivity index is 1.35. The molecule has 1 N–H and O–H groups in total. The molecule has 6 nitrogen and oxygen atoms in total. The van der Waals surface area contributed by atoms with Gasteiger partial charge in [-0.25, -0.2) is 0 Å². The molecular formula is C26H28ClN3O3S. The summed E-state index contributed by atoms with van der Waals surface area (Å²) in [5.74, 6) is 1.04. The molecule has 1 aromatic carbocycles. The molecule has 0 fully saturated rings. The molecule has 0 saturated carbocycles. The van der Waals surface area contributed by atoms with E-state index in [1.807, 2.05) is 36.0 Å². The summed E-state index contributed by atoms with van der Waals surface area (Å²) >= 11 is 7.95. The fourth-order valence-corrected chi connectivity index (χ4v) is 5.10. The Bertz CT molecular complexity index is 1260. The Labute approximate surface area is 208 Å². The van der Waals surface area contributed by atoms with Crippen molar-refractivity contribution in [1.82, 2.24) is 15.1 Å². The number of carbonyl (C=O) groups excluding carboxylic acids is 2. The van der Waals surface area contributed by atoms with E-state index in [0.29, 0.717) is 29.7 Å². The van der Waals surface area contributed by atoms with Crippen molar-refractivity contribution in [2.45, 2.75) is 46.8 Å². The number of nitrogens with one attached hydrogen (secondary N) is 1. The Hall–Kier alpha value is -2.90. The molecule has 3 aromatic rings. The number of aryl methyl sites for hydroxylation is 1. The summed E-state index contributed by atoms with van der Waals surface area (Å²) < 4.78 is 7.92. The molecule has 178 valence electrons. The van der Waals surface area contributed by atoms with E-state index in [4.69, 9.17) is 16.3 Å². The molecule has 0 saturated heterocycles. The van der Waals surface area contributed by atoms with Gasteiger partial charge in [0.05, 0.1) is 22.1 Å². The second kappa shape index (κ2) is 10.2. The van der Waals surface area contributed by atoms with E-state index in [9.17, 15) is 9.59 Å². The molecule has 0 radical (unpaired) electrons. The molecule has 1 unspecified atom stereocenters. The molecule has 1 amide bonds. The maximum atomic E-state index is 12.4. The van der Waals surface area contributed by atoms with Crippen molar-refractivity contribution >= 4 is 40.7 Å². The fourth-order valence-electron chi connectivity index (χ4n) is 3.93. The average Bonchev–Trinajstić information content (AvgIpc) is 3.48. The van der Waals surface area contributed by atoms with Crippen molar-refractivity contribution in [2.75, 3.05) is 6.54 Å². The van der Waals surface area contributed by atoms with Gasteiger partial charge < -0.3 is 10.1 Å². The smallest absolute Gasteiger partial charge is 0.244 e. The van der Waals surface area contributed by atoms with Crippen LogP contribution in [0.1, 0.15) is 47.3 Å². The molecule has 1 aliphatic heterocycles. The normalized spacial score (nSPS) is 15.1. The Morgan fingerprint density at radius 1 is 1.35 bits per heavy atom. The van der Waals surface area contributed by atoms with Crippen molar-refractivity contribution in [2.24, 2.45) is 5.92 Å². The SMILES string of the molecule is CC(=O)c1ccc(-c2cc(Cl)c3c(c2)CC(CNC(=O)/C=C/c2cn(CC(C)C)nc2C)O3)s1. The highest BCUT2D eigenvalue weighted by molar-refractivity contribution is 7.17. The monoisotopic (exact) mass is 497 g/mol. The van der Waals surface area contributed by atoms with Gasteiger partial charge in [-0.2, -0.15) is 5.10 Å². The molecule has 2 aromatic heterocycles. The van der Waals surface area contributed by atoms with Crippen molar-refractivity contribution in [3.8, 4) is 16.2 Å². The van der Waals surface area contributed by atoms with Crippen LogP contribution in [-0.2, 0) is 17.8 Å². The Morgan fingerprint density at radius 2 is 2.15 bits per heavy atom. The lowest BCUT2D eigenvalue weighted by Gasteiger charge is -2.11. The zero-order valence-corrected chi connectivity index (χ0v) is 21.3. The van der Waals surface area contributed by atoms with E-state index in [-0.39, 0.29) is 17.8 Å². The van der Waals surface area contributed by atoms with Gasteiger partial charge in [-0.05, 0) is 55.7 Å². The van der Waals surface area contributed by atoms with Crippen LogP contribution in [0.2, 0.25) is 5.02 Å². The molecule has 0 spiro atoms. The van der Waals surface area contributed by atoms with Crippen LogP contribution in [0.25, 0.3) is 16.5 Å². The van der Waals surface area contributed by atoms with Crippen LogP contribution in [0.15, 0.2) is 36.5 Å². The fraction of sp³-hybridized carbons (Fsp3) is 0.346. The van der Waals surface area contributed by atoms with Crippen LogP contribution in [-0.4, -0.2) is 34.1 Å². The first-order valence-corrected chi connectivity index (χ1v) is 12.5.